The van der Waals surface area contributed by atoms with Crippen molar-refractivity contribution in [3.63, 3.8) is 0 Å². The SMILES string of the molecule is CC(C)C(=O)OC[C@H](C)NP1(=O)OC[C@H]2O[C@@H](n3ccc(=O)[nH]c3=O)[C@](C)(Cl)[C@@H]2O1. The van der Waals surface area contributed by atoms with Crippen molar-refractivity contribution >= 4 is 25.3 Å². The normalized spacial score (nSPS) is 34.5. The van der Waals surface area contributed by atoms with Gasteiger partial charge in [-0.15, -0.1) is 11.6 Å². The van der Waals surface area contributed by atoms with Crippen LogP contribution in [0.1, 0.15) is 33.9 Å². The first-order valence-corrected chi connectivity index (χ1v) is 11.4. The summed E-state index contributed by atoms with van der Waals surface area (Å²) in [6.45, 7) is 6.56. The lowest BCUT2D eigenvalue weighted by molar-refractivity contribution is -0.147. The van der Waals surface area contributed by atoms with Crippen molar-refractivity contribution in [1.29, 1.82) is 0 Å². The summed E-state index contributed by atoms with van der Waals surface area (Å²) in [5.41, 5.74) is -1.25. The zero-order valence-corrected chi connectivity index (χ0v) is 18.6. The van der Waals surface area contributed by atoms with Crippen LogP contribution in [0.15, 0.2) is 21.9 Å². The van der Waals surface area contributed by atoms with Crippen LogP contribution in [0.25, 0.3) is 0 Å². The summed E-state index contributed by atoms with van der Waals surface area (Å²) in [5.74, 6) is -0.656. The van der Waals surface area contributed by atoms with Gasteiger partial charge in [0.25, 0.3) is 5.56 Å². The van der Waals surface area contributed by atoms with Gasteiger partial charge in [-0.25, -0.2) is 14.4 Å². The average Bonchev–Trinajstić information content (AvgIpc) is 2.89. The van der Waals surface area contributed by atoms with Gasteiger partial charge >= 0.3 is 19.4 Å². The Balaban J connectivity index is 1.71. The van der Waals surface area contributed by atoms with Gasteiger partial charge in [-0.3, -0.25) is 28.2 Å². The van der Waals surface area contributed by atoms with Crippen LogP contribution in [-0.4, -0.2) is 51.9 Å². The standard InChI is InChI=1S/C17H25ClN3O8P/c1-9(2)14(23)26-7-10(3)20-30(25)27-8-11-13(29-30)17(4,18)15(28-11)21-6-5-12(22)19-16(21)24/h5-6,9-11,13,15H,7-8H2,1-4H3,(H,20,25)(H,19,22,24)/t10-,11+,13+,15+,17+,30?/m0/s1. The number of halogens is 1. The number of nitrogens with one attached hydrogen (secondary N) is 2. The number of aromatic amines is 1. The second-order valence-corrected chi connectivity index (χ2v) is 10.4. The quantitative estimate of drug-likeness (QED) is 0.359. The molecule has 0 spiro atoms. The van der Waals surface area contributed by atoms with Gasteiger partial charge in [0.1, 0.15) is 23.7 Å². The number of carbonyl (C=O) groups is 1. The topological polar surface area (TPSA) is 138 Å². The molecular formula is C17H25ClN3O8P. The molecule has 168 valence electrons. The van der Waals surface area contributed by atoms with E-state index in [2.05, 4.69) is 10.1 Å². The number of alkyl halides is 1. The molecule has 3 heterocycles. The third-order valence-corrected chi connectivity index (χ3v) is 6.92. The maximum atomic E-state index is 13.1. The van der Waals surface area contributed by atoms with E-state index in [9.17, 15) is 18.9 Å². The Labute approximate surface area is 177 Å². The third-order valence-electron chi connectivity index (χ3n) is 4.77. The number of rotatable bonds is 6. The van der Waals surface area contributed by atoms with Gasteiger partial charge in [-0.2, -0.15) is 0 Å². The summed E-state index contributed by atoms with van der Waals surface area (Å²) < 4.78 is 36.3. The largest absolute Gasteiger partial charge is 0.464 e. The third kappa shape index (κ3) is 4.71. The van der Waals surface area contributed by atoms with Gasteiger partial charge in [-0.1, -0.05) is 13.8 Å². The van der Waals surface area contributed by atoms with Crippen LogP contribution in [0.4, 0.5) is 0 Å². The molecule has 2 fully saturated rings. The van der Waals surface area contributed by atoms with Gasteiger partial charge < -0.3 is 9.47 Å². The molecular weight excluding hydrogens is 441 g/mol. The summed E-state index contributed by atoms with van der Waals surface area (Å²) in [6.07, 6.45) is -1.28. The summed E-state index contributed by atoms with van der Waals surface area (Å²) >= 11 is 6.68. The monoisotopic (exact) mass is 465 g/mol. The Kier molecular flexibility index (Phi) is 6.62. The number of hydrogen-bond acceptors (Lipinski definition) is 8. The maximum absolute atomic E-state index is 13.1. The lowest BCUT2D eigenvalue weighted by atomic mass is 10.0. The van der Waals surface area contributed by atoms with Crippen molar-refractivity contribution in [2.24, 2.45) is 5.92 Å². The Morgan fingerprint density at radius 3 is 2.80 bits per heavy atom. The van der Waals surface area contributed by atoms with Crippen LogP contribution in [0.5, 0.6) is 0 Å². The summed E-state index contributed by atoms with van der Waals surface area (Å²) in [5, 5.41) is 2.72. The van der Waals surface area contributed by atoms with Crippen molar-refractivity contribution in [2.75, 3.05) is 13.2 Å². The first kappa shape index (κ1) is 23.2. The molecule has 1 unspecified atom stereocenters. The highest BCUT2D eigenvalue weighted by Gasteiger charge is 2.59. The molecule has 0 amide bonds. The minimum absolute atomic E-state index is 0.0220. The van der Waals surface area contributed by atoms with E-state index in [0.29, 0.717) is 0 Å². The fraction of sp³-hybridized carbons (Fsp3) is 0.706. The molecule has 30 heavy (non-hydrogen) atoms. The predicted octanol–water partition coefficient (Wildman–Crippen LogP) is 1.13. The number of esters is 1. The van der Waals surface area contributed by atoms with Crippen molar-refractivity contribution in [3.8, 4) is 0 Å². The molecule has 2 saturated heterocycles. The van der Waals surface area contributed by atoms with Crippen molar-refractivity contribution < 1.29 is 27.9 Å². The molecule has 2 aliphatic rings. The zero-order valence-electron chi connectivity index (χ0n) is 17.0. The number of hydrogen-bond donors (Lipinski definition) is 2. The van der Waals surface area contributed by atoms with Crippen LogP contribution in [0.2, 0.25) is 0 Å². The Hall–Kier alpha value is -1.49. The Morgan fingerprint density at radius 2 is 2.17 bits per heavy atom. The second kappa shape index (κ2) is 8.57. The number of carbonyl (C=O) groups excluding carboxylic acids is 1. The Bertz CT molecular complexity index is 961. The molecule has 0 aliphatic carbocycles. The van der Waals surface area contributed by atoms with E-state index in [1.54, 1.807) is 27.7 Å². The minimum atomic E-state index is -3.79. The smallest absolute Gasteiger partial charge is 0.406 e. The number of nitrogens with zero attached hydrogens (tertiary/aromatic N) is 1. The van der Waals surface area contributed by atoms with Crippen LogP contribution in [-0.2, 0) is 27.9 Å². The number of fused-ring (bicyclic) bond motifs is 1. The van der Waals surface area contributed by atoms with Gasteiger partial charge in [0.15, 0.2) is 6.23 Å². The van der Waals surface area contributed by atoms with Gasteiger partial charge in [0, 0.05) is 18.3 Å². The molecule has 11 nitrogen and oxygen atoms in total. The van der Waals surface area contributed by atoms with E-state index in [4.69, 9.17) is 30.1 Å². The molecule has 0 aromatic carbocycles. The molecule has 0 saturated carbocycles. The van der Waals surface area contributed by atoms with Gasteiger partial charge in [-0.05, 0) is 13.8 Å². The molecule has 1 aromatic rings. The molecule has 2 aliphatic heterocycles. The van der Waals surface area contributed by atoms with E-state index in [1.165, 1.54) is 12.3 Å². The lowest BCUT2D eigenvalue weighted by Gasteiger charge is -2.36. The molecule has 0 bridgehead atoms. The predicted molar refractivity (Wildman–Crippen MR) is 106 cm³/mol. The molecule has 3 rings (SSSR count). The first-order valence-electron chi connectivity index (χ1n) is 9.46. The molecule has 6 atom stereocenters. The average molecular weight is 466 g/mol. The summed E-state index contributed by atoms with van der Waals surface area (Å²) in [4.78, 5) is 35.9. The van der Waals surface area contributed by atoms with E-state index >= 15 is 0 Å². The fourth-order valence-corrected chi connectivity index (χ4v) is 5.43. The molecule has 2 N–H and O–H groups in total. The fourth-order valence-electron chi connectivity index (χ4n) is 3.22. The van der Waals surface area contributed by atoms with E-state index in [0.717, 1.165) is 4.57 Å². The van der Waals surface area contributed by atoms with Gasteiger partial charge in [0.2, 0.25) is 0 Å². The Morgan fingerprint density at radius 1 is 1.47 bits per heavy atom. The van der Waals surface area contributed by atoms with E-state index in [1.807, 2.05) is 0 Å². The summed E-state index contributed by atoms with van der Waals surface area (Å²) in [7, 11) is -3.79. The van der Waals surface area contributed by atoms with Crippen molar-refractivity contribution in [2.45, 2.75) is 57.0 Å². The van der Waals surface area contributed by atoms with Crippen LogP contribution in [0.3, 0.4) is 0 Å². The summed E-state index contributed by atoms with van der Waals surface area (Å²) in [6, 6.07) is 0.653. The first-order chi connectivity index (χ1) is 13.9. The van der Waals surface area contributed by atoms with Crippen molar-refractivity contribution in [1.82, 2.24) is 14.6 Å². The number of H-pyrrole nitrogens is 1. The van der Waals surface area contributed by atoms with Crippen LogP contribution in [0, 0.1) is 5.92 Å². The highest BCUT2D eigenvalue weighted by molar-refractivity contribution is 7.51. The number of aromatic nitrogens is 2. The molecule has 0 radical (unpaired) electrons. The maximum Gasteiger partial charge on any atom is 0.406 e. The minimum Gasteiger partial charge on any atom is -0.464 e. The number of ether oxygens (including phenoxy) is 2. The molecule has 1 aromatic heterocycles. The second-order valence-electron chi connectivity index (χ2n) is 7.83. The van der Waals surface area contributed by atoms with E-state index < -0.39 is 48.3 Å². The van der Waals surface area contributed by atoms with Gasteiger partial charge in [0.05, 0.1) is 12.5 Å². The van der Waals surface area contributed by atoms with E-state index in [-0.39, 0.29) is 25.1 Å². The highest BCUT2D eigenvalue weighted by atomic mass is 35.5. The lowest BCUT2D eigenvalue weighted by Crippen LogP contribution is -2.47. The van der Waals surface area contributed by atoms with Crippen LogP contribution >= 0.6 is 19.3 Å². The molecule has 13 heteroatoms. The van der Waals surface area contributed by atoms with Crippen molar-refractivity contribution in [3.05, 3.63) is 33.1 Å². The zero-order chi connectivity index (χ0) is 22.3. The van der Waals surface area contributed by atoms with Crippen LogP contribution < -0.4 is 16.3 Å². The highest BCUT2D eigenvalue weighted by Crippen LogP contribution is 2.57.